The summed E-state index contributed by atoms with van der Waals surface area (Å²) in [7, 11) is 0. The second-order valence-corrected chi connectivity index (χ2v) is 6.50. The van der Waals surface area contributed by atoms with Gasteiger partial charge in [-0.2, -0.15) is 9.78 Å². The van der Waals surface area contributed by atoms with Crippen molar-refractivity contribution < 1.29 is 10.0 Å². The molecule has 3 rings (SSSR count). The Morgan fingerprint density at radius 1 is 1.31 bits per heavy atom. The van der Waals surface area contributed by atoms with Crippen LogP contribution in [-0.4, -0.2) is 31.1 Å². The maximum absolute atomic E-state index is 10.9. The molecule has 0 atom stereocenters. The molecule has 0 amide bonds. The predicted octanol–water partition coefficient (Wildman–Crippen LogP) is 3.72. The molecule has 0 bridgehead atoms. The van der Waals surface area contributed by atoms with Crippen molar-refractivity contribution >= 4 is 35.3 Å². The predicted molar refractivity (Wildman–Crippen MR) is 98.8 cm³/mol. The van der Waals surface area contributed by atoms with Gasteiger partial charge in [0.2, 0.25) is 5.16 Å². The van der Waals surface area contributed by atoms with E-state index < -0.39 is 10.7 Å². The molecule has 0 fully saturated rings. The first-order valence-corrected chi connectivity index (χ1v) is 8.68. The van der Waals surface area contributed by atoms with Crippen LogP contribution in [0.15, 0.2) is 59.0 Å². The van der Waals surface area contributed by atoms with Gasteiger partial charge in [-0.1, -0.05) is 35.5 Å². The van der Waals surface area contributed by atoms with Gasteiger partial charge in [0.1, 0.15) is 6.33 Å². The van der Waals surface area contributed by atoms with Crippen molar-refractivity contribution in [3.8, 4) is 5.75 Å². The molecule has 0 spiro atoms. The van der Waals surface area contributed by atoms with Crippen LogP contribution >= 0.6 is 23.4 Å². The van der Waals surface area contributed by atoms with Crippen LogP contribution in [0.2, 0.25) is 5.02 Å². The average Bonchev–Trinajstić information content (AvgIpc) is 3.08. The van der Waals surface area contributed by atoms with Crippen LogP contribution in [0.4, 0.5) is 5.69 Å². The summed E-state index contributed by atoms with van der Waals surface area (Å²) in [5.74, 6) is 0.270. The van der Waals surface area contributed by atoms with E-state index in [4.69, 9.17) is 11.6 Å². The van der Waals surface area contributed by atoms with E-state index >= 15 is 0 Å². The number of benzene rings is 2. The number of thioether (sulfide) groups is 1. The van der Waals surface area contributed by atoms with Gasteiger partial charge in [0, 0.05) is 22.4 Å². The van der Waals surface area contributed by atoms with Crippen LogP contribution in [-0.2, 0) is 5.75 Å². The van der Waals surface area contributed by atoms with Crippen molar-refractivity contribution in [2.24, 2.45) is 5.10 Å². The van der Waals surface area contributed by atoms with Gasteiger partial charge >= 0.3 is 5.69 Å². The number of hydrogen-bond acceptors (Lipinski definition) is 7. The van der Waals surface area contributed by atoms with Gasteiger partial charge in [0.15, 0.2) is 5.75 Å². The Morgan fingerprint density at radius 2 is 2.08 bits per heavy atom. The normalized spacial score (nSPS) is 11.1. The van der Waals surface area contributed by atoms with Gasteiger partial charge in [-0.05, 0) is 29.8 Å². The molecule has 26 heavy (non-hydrogen) atoms. The lowest BCUT2D eigenvalue weighted by Crippen LogP contribution is -1.94. The molecule has 3 aromatic rings. The molecule has 132 valence electrons. The number of nitro benzene ring substituents is 1. The first-order valence-electron chi connectivity index (χ1n) is 7.32. The quantitative estimate of drug-likeness (QED) is 0.298. The summed E-state index contributed by atoms with van der Waals surface area (Å²) >= 11 is 7.31. The van der Waals surface area contributed by atoms with Crippen LogP contribution in [0.25, 0.3) is 0 Å². The number of nitrogens with zero attached hydrogens (tertiary/aromatic N) is 5. The Hall–Kier alpha value is -2.91. The Kier molecular flexibility index (Phi) is 5.49. The maximum atomic E-state index is 10.9. The van der Waals surface area contributed by atoms with E-state index in [0.29, 0.717) is 21.5 Å². The molecule has 8 nitrogen and oxygen atoms in total. The lowest BCUT2D eigenvalue weighted by atomic mass is 10.2. The maximum Gasteiger partial charge on any atom is 0.311 e. The molecule has 0 aliphatic rings. The minimum atomic E-state index is -0.654. The highest BCUT2D eigenvalue weighted by molar-refractivity contribution is 7.98. The van der Waals surface area contributed by atoms with Gasteiger partial charge in [-0.3, -0.25) is 10.1 Å². The molecule has 2 aromatic carbocycles. The number of hydrogen-bond donors (Lipinski definition) is 1. The van der Waals surface area contributed by atoms with Crippen molar-refractivity contribution in [2.45, 2.75) is 10.9 Å². The summed E-state index contributed by atoms with van der Waals surface area (Å²) in [6.07, 6.45) is 2.87. The molecule has 0 aliphatic heterocycles. The molecular formula is C16H12ClN5O3S. The fourth-order valence-corrected chi connectivity index (χ4v) is 2.96. The van der Waals surface area contributed by atoms with Gasteiger partial charge in [0.25, 0.3) is 0 Å². The summed E-state index contributed by atoms with van der Waals surface area (Å²) in [5.41, 5.74) is 1.17. The van der Waals surface area contributed by atoms with Crippen LogP contribution in [0.5, 0.6) is 5.75 Å². The number of halogens is 1. The zero-order valence-electron chi connectivity index (χ0n) is 13.2. The highest BCUT2D eigenvalue weighted by Crippen LogP contribution is 2.26. The molecule has 1 N–H and O–H groups in total. The third-order valence-electron chi connectivity index (χ3n) is 3.31. The highest BCUT2D eigenvalue weighted by atomic mass is 35.5. The molecular weight excluding hydrogens is 378 g/mol. The monoisotopic (exact) mass is 389 g/mol. The standard InChI is InChI=1S/C16H12ClN5O3S/c17-13-4-1-11(2-5-13)9-26-16-20-18-10-21(16)19-8-12-3-6-15(23)14(7-12)22(24)25/h1-8,10,23H,9H2/b19-8+. The Labute approximate surface area is 157 Å². The Morgan fingerprint density at radius 3 is 2.81 bits per heavy atom. The highest BCUT2D eigenvalue weighted by Gasteiger charge is 2.13. The van der Waals surface area contributed by atoms with Crippen molar-refractivity contribution in [3.05, 3.63) is 75.1 Å². The topological polar surface area (TPSA) is 106 Å². The minimum absolute atomic E-state index is 0.380. The van der Waals surface area contributed by atoms with E-state index in [0.717, 1.165) is 5.56 Å². The summed E-state index contributed by atoms with van der Waals surface area (Å²) in [6, 6.07) is 11.5. The van der Waals surface area contributed by atoms with Crippen molar-refractivity contribution in [1.29, 1.82) is 0 Å². The molecule has 1 aromatic heterocycles. The summed E-state index contributed by atoms with van der Waals surface area (Å²) in [6.45, 7) is 0. The third-order valence-corrected chi connectivity index (χ3v) is 4.57. The summed E-state index contributed by atoms with van der Waals surface area (Å²) < 4.78 is 1.47. The van der Waals surface area contributed by atoms with Crippen LogP contribution < -0.4 is 0 Å². The largest absolute Gasteiger partial charge is 0.502 e. The first kappa shape index (κ1) is 17.9. The zero-order chi connectivity index (χ0) is 18.5. The van der Waals surface area contributed by atoms with Gasteiger partial charge in [-0.25, -0.2) is 0 Å². The smallest absolute Gasteiger partial charge is 0.311 e. The van der Waals surface area contributed by atoms with Crippen molar-refractivity contribution in [2.75, 3.05) is 0 Å². The van der Waals surface area contributed by atoms with E-state index in [1.807, 2.05) is 24.3 Å². The summed E-state index contributed by atoms with van der Waals surface area (Å²) in [4.78, 5) is 10.2. The lowest BCUT2D eigenvalue weighted by molar-refractivity contribution is -0.385. The Balaban J connectivity index is 1.72. The van der Waals surface area contributed by atoms with Crippen LogP contribution in [0, 0.1) is 10.1 Å². The SMILES string of the molecule is O=[N+]([O-])c1cc(/C=N/n2cnnc2SCc2ccc(Cl)cc2)ccc1O. The fraction of sp³-hybridized carbons (Fsp3) is 0.0625. The van der Waals surface area contributed by atoms with Crippen LogP contribution in [0.1, 0.15) is 11.1 Å². The van der Waals surface area contributed by atoms with Gasteiger partial charge in [0.05, 0.1) is 11.1 Å². The Bertz CT molecular complexity index is 959. The first-order chi connectivity index (χ1) is 12.5. The molecule has 1 heterocycles. The number of rotatable bonds is 6. The number of aromatic nitrogens is 3. The fourth-order valence-electron chi connectivity index (χ4n) is 2.02. The summed E-state index contributed by atoms with van der Waals surface area (Å²) in [5, 5.41) is 33.6. The molecule has 0 saturated carbocycles. The molecule has 0 radical (unpaired) electrons. The third kappa shape index (κ3) is 4.38. The van der Waals surface area contributed by atoms with Gasteiger partial charge in [-0.15, -0.1) is 10.2 Å². The van der Waals surface area contributed by atoms with Crippen molar-refractivity contribution in [1.82, 2.24) is 14.9 Å². The molecule has 0 saturated heterocycles. The van der Waals surface area contributed by atoms with E-state index in [1.54, 1.807) is 0 Å². The number of phenolic OH excluding ortho intramolecular Hbond substituents is 1. The van der Waals surface area contributed by atoms with Gasteiger partial charge < -0.3 is 5.11 Å². The molecule has 0 unspecified atom stereocenters. The van der Waals surface area contributed by atoms with E-state index in [2.05, 4.69) is 15.3 Å². The van der Waals surface area contributed by atoms with E-state index in [1.165, 1.54) is 47.2 Å². The van der Waals surface area contributed by atoms with Crippen LogP contribution in [0.3, 0.4) is 0 Å². The van der Waals surface area contributed by atoms with Crippen molar-refractivity contribution in [3.63, 3.8) is 0 Å². The number of phenols is 1. The molecule has 10 heteroatoms. The van der Waals surface area contributed by atoms with E-state index in [-0.39, 0.29) is 5.69 Å². The zero-order valence-corrected chi connectivity index (χ0v) is 14.8. The second kappa shape index (κ2) is 7.98. The number of nitro groups is 1. The molecule has 0 aliphatic carbocycles. The number of aromatic hydroxyl groups is 1. The lowest BCUT2D eigenvalue weighted by Gasteiger charge is -2.02. The minimum Gasteiger partial charge on any atom is -0.502 e. The average molecular weight is 390 g/mol. The second-order valence-electron chi connectivity index (χ2n) is 5.12. The van der Waals surface area contributed by atoms with E-state index in [9.17, 15) is 15.2 Å².